The number of carbonyl (C=O) groups is 2. The first-order valence-corrected chi connectivity index (χ1v) is 11.6. The van der Waals surface area contributed by atoms with Gasteiger partial charge in [0.05, 0.1) is 12.5 Å². The SMILES string of the molecule is C=CC(=O)N1CC2(CCN(C(=O)[C@H]3CN(CC(F)(F)F)C[C@H]3c3ccccc3Cl)[C@H](C)C2)C1. The molecule has 3 fully saturated rings. The molecule has 1 aromatic carbocycles. The maximum Gasteiger partial charge on any atom is 0.401 e. The fraction of sp³-hybridized carbons (Fsp3) is 0.583. The van der Waals surface area contributed by atoms with Gasteiger partial charge in [-0.3, -0.25) is 14.5 Å². The Balaban J connectivity index is 1.49. The van der Waals surface area contributed by atoms with E-state index in [1.807, 2.05) is 11.8 Å². The van der Waals surface area contributed by atoms with Gasteiger partial charge in [0.15, 0.2) is 0 Å². The maximum absolute atomic E-state index is 13.7. The fourth-order valence-corrected chi connectivity index (χ4v) is 6.18. The third kappa shape index (κ3) is 4.92. The molecule has 3 saturated heterocycles. The number of piperidine rings is 1. The lowest BCUT2D eigenvalue weighted by Crippen LogP contribution is -2.64. The molecule has 0 radical (unpaired) electrons. The summed E-state index contributed by atoms with van der Waals surface area (Å²) < 4.78 is 39.3. The van der Waals surface area contributed by atoms with Crippen molar-refractivity contribution >= 4 is 23.4 Å². The minimum Gasteiger partial charge on any atom is -0.340 e. The summed E-state index contributed by atoms with van der Waals surface area (Å²) in [5.74, 6) is -1.15. The second kappa shape index (κ2) is 8.95. The molecule has 0 aliphatic carbocycles. The van der Waals surface area contributed by atoms with Gasteiger partial charge in [0, 0.05) is 55.1 Å². The molecule has 0 unspecified atom stereocenters. The Labute approximate surface area is 197 Å². The van der Waals surface area contributed by atoms with E-state index in [4.69, 9.17) is 11.6 Å². The number of nitrogens with zero attached hydrogens (tertiary/aromatic N) is 3. The highest BCUT2D eigenvalue weighted by Crippen LogP contribution is 2.45. The molecule has 3 aliphatic rings. The second-order valence-corrected chi connectivity index (χ2v) is 10.2. The number of carbonyl (C=O) groups excluding carboxylic acids is 2. The van der Waals surface area contributed by atoms with Crippen LogP contribution >= 0.6 is 11.6 Å². The summed E-state index contributed by atoms with van der Waals surface area (Å²) in [5, 5.41) is 0.473. The summed E-state index contributed by atoms with van der Waals surface area (Å²) in [6.07, 6.45) is -1.46. The van der Waals surface area contributed by atoms with Crippen LogP contribution < -0.4 is 0 Å². The lowest BCUT2D eigenvalue weighted by atomic mass is 9.69. The molecule has 2 amide bonds. The van der Waals surface area contributed by atoms with Crippen molar-refractivity contribution in [2.24, 2.45) is 11.3 Å². The van der Waals surface area contributed by atoms with Crippen LogP contribution in [0.2, 0.25) is 5.02 Å². The molecule has 0 N–H and O–H groups in total. The molecule has 0 bridgehead atoms. The summed E-state index contributed by atoms with van der Waals surface area (Å²) in [5.41, 5.74) is 0.732. The van der Waals surface area contributed by atoms with Crippen molar-refractivity contribution in [2.45, 2.75) is 37.9 Å². The summed E-state index contributed by atoms with van der Waals surface area (Å²) in [7, 11) is 0. The number of amides is 2. The monoisotopic (exact) mass is 483 g/mol. The van der Waals surface area contributed by atoms with Crippen molar-refractivity contribution in [3.63, 3.8) is 0 Å². The second-order valence-electron chi connectivity index (χ2n) is 9.78. The number of hydrogen-bond acceptors (Lipinski definition) is 3. The van der Waals surface area contributed by atoms with Crippen molar-refractivity contribution in [3.8, 4) is 0 Å². The fourth-order valence-electron chi connectivity index (χ4n) is 5.90. The predicted molar refractivity (Wildman–Crippen MR) is 120 cm³/mol. The Bertz CT molecular complexity index is 932. The average Bonchev–Trinajstić information content (AvgIpc) is 3.12. The summed E-state index contributed by atoms with van der Waals surface area (Å²) >= 11 is 6.38. The van der Waals surface area contributed by atoms with Crippen molar-refractivity contribution in [3.05, 3.63) is 47.5 Å². The van der Waals surface area contributed by atoms with Crippen LogP contribution in [0.1, 0.15) is 31.2 Å². The van der Waals surface area contributed by atoms with E-state index in [1.54, 1.807) is 29.2 Å². The zero-order chi connectivity index (χ0) is 24.0. The third-order valence-electron chi connectivity index (χ3n) is 7.39. The van der Waals surface area contributed by atoms with E-state index < -0.39 is 18.6 Å². The molecule has 0 aromatic heterocycles. The van der Waals surface area contributed by atoms with E-state index in [-0.39, 0.29) is 42.3 Å². The maximum atomic E-state index is 13.7. The van der Waals surface area contributed by atoms with Gasteiger partial charge >= 0.3 is 6.18 Å². The van der Waals surface area contributed by atoms with Gasteiger partial charge in [-0.25, -0.2) is 0 Å². The molecular formula is C24H29ClF3N3O2. The standard InChI is InChI=1S/C24H29ClF3N3O2/c1-3-21(32)30-13-23(14-30)8-9-31(16(2)10-23)22(33)19-12-29(15-24(26,27)28)11-18(19)17-6-4-5-7-20(17)25/h3-7,16,18-19H,1,8-15H2,2H3/t16-,18+,19+/m1/s1. The van der Waals surface area contributed by atoms with Crippen molar-refractivity contribution in [2.75, 3.05) is 39.3 Å². The van der Waals surface area contributed by atoms with Gasteiger partial charge in [-0.05, 0) is 37.5 Å². The first kappa shape index (κ1) is 24.1. The molecule has 5 nitrogen and oxygen atoms in total. The number of rotatable bonds is 4. The smallest absolute Gasteiger partial charge is 0.340 e. The van der Waals surface area contributed by atoms with Crippen molar-refractivity contribution < 1.29 is 22.8 Å². The highest BCUT2D eigenvalue weighted by molar-refractivity contribution is 6.31. The highest BCUT2D eigenvalue weighted by Gasteiger charge is 2.51. The highest BCUT2D eigenvalue weighted by atomic mass is 35.5. The molecule has 3 atom stereocenters. The van der Waals surface area contributed by atoms with Gasteiger partial charge in [-0.15, -0.1) is 0 Å². The van der Waals surface area contributed by atoms with E-state index in [2.05, 4.69) is 6.58 Å². The van der Waals surface area contributed by atoms with E-state index in [0.29, 0.717) is 24.7 Å². The quantitative estimate of drug-likeness (QED) is 0.609. The molecule has 33 heavy (non-hydrogen) atoms. The molecule has 9 heteroatoms. The van der Waals surface area contributed by atoms with Gasteiger partial charge in [-0.2, -0.15) is 13.2 Å². The first-order chi connectivity index (χ1) is 15.5. The van der Waals surface area contributed by atoms with Crippen LogP contribution in [0.5, 0.6) is 0 Å². The predicted octanol–water partition coefficient (Wildman–Crippen LogP) is 3.94. The normalized spacial score (nSPS) is 27.5. The minimum absolute atomic E-state index is 0.00893. The van der Waals surface area contributed by atoms with Crippen LogP contribution in [0.3, 0.4) is 0 Å². The van der Waals surface area contributed by atoms with E-state index in [9.17, 15) is 22.8 Å². The number of halogens is 4. The Kier molecular flexibility index (Phi) is 6.53. The van der Waals surface area contributed by atoms with E-state index in [0.717, 1.165) is 18.4 Å². The van der Waals surface area contributed by atoms with Gasteiger partial charge in [0.2, 0.25) is 11.8 Å². The number of hydrogen-bond donors (Lipinski definition) is 0. The van der Waals surface area contributed by atoms with Crippen molar-refractivity contribution in [1.82, 2.24) is 14.7 Å². The van der Waals surface area contributed by atoms with Crippen LogP contribution in [0.4, 0.5) is 13.2 Å². The molecular weight excluding hydrogens is 455 g/mol. The molecule has 1 aromatic rings. The molecule has 1 spiro atoms. The molecule has 3 aliphatic heterocycles. The molecule has 3 heterocycles. The van der Waals surface area contributed by atoms with Crippen LogP contribution in [0.15, 0.2) is 36.9 Å². The number of alkyl halides is 3. The molecule has 4 rings (SSSR count). The third-order valence-corrected chi connectivity index (χ3v) is 7.73. The van der Waals surface area contributed by atoms with E-state index in [1.165, 1.54) is 11.0 Å². The Morgan fingerprint density at radius 2 is 1.94 bits per heavy atom. The first-order valence-electron chi connectivity index (χ1n) is 11.3. The van der Waals surface area contributed by atoms with Gasteiger partial charge in [0.1, 0.15) is 0 Å². The number of likely N-dealkylation sites (tertiary alicyclic amines) is 3. The Hall–Kier alpha value is -2.06. The Morgan fingerprint density at radius 3 is 2.55 bits per heavy atom. The lowest BCUT2D eigenvalue weighted by molar-refractivity contribution is -0.153. The van der Waals surface area contributed by atoms with Gasteiger partial charge in [0.25, 0.3) is 0 Å². The Morgan fingerprint density at radius 1 is 1.24 bits per heavy atom. The zero-order valence-corrected chi connectivity index (χ0v) is 19.4. The topological polar surface area (TPSA) is 43.9 Å². The minimum atomic E-state index is -4.33. The zero-order valence-electron chi connectivity index (χ0n) is 18.7. The average molecular weight is 484 g/mol. The van der Waals surface area contributed by atoms with Gasteiger partial charge < -0.3 is 9.80 Å². The molecule has 180 valence electrons. The molecule has 0 saturated carbocycles. The summed E-state index contributed by atoms with van der Waals surface area (Å²) in [4.78, 5) is 30.4. The van der Waals surface area contributed by atoms with Crippen molar-refractivity contribution in [1.29, 1.82) is 0 Å². The van der Waals surface area contributed by atoms with Crippen LogP contribution in [0.25, 0.3) is 0 Å². The largest absolute Gasteiger partial charge is 0.401 e. The van der Waals surface area contributed by atoms with Crippen LogP contribution in [0, 0.1) is 11.3 Å². The van der Waals surface area contributed by atoms with Crippen LogP contribution in [-0.4, -0.2) is 78.0 Å². The summed E-state index contributed by atoms with van der Waals surface area (Å²) in [6.45, 7) is 6.55. The van der Waals surface area contributed by atoms with Gasteiger partial charge in [-0.1, -0.05) is 36.4 Å². The van der Waals surface area contributed by atoms with Crippen LogP contribution in [-0.2, 0) is 9.59 Å². The van der Waals surface area contributed by atoms with E-state index >= 15 is 0 Å². The lowest BCUT2D eigenvalue weighted by Gasteiger charge is -2.56. The number of benzene rings is 1. The summed E-state index contributed by atoms with van der Waals surface area (Å²) in [6, 6.07) is 7.05.